The maximum Gasteiger partial charge on any atom is 0.230 e. The zero-order valence-corrected chi connectivity index (χ0v) is 14.4. The molecule has 1 heterocycles. The summed E-state index contributed by atoms with van der Waals surface area (Å²) in [5, 5.41) is 20.3. The Morgan fingerprint density at radius 2 is 2.00 bits per heavy atom. The highest BCUT2D eigenvalue weighted by atomic mass is 32.2. The van der Waals surface area contributed by atoms with Crippen molar-refractivity contribution in [2.45, 2.75) is 37.9 Å². The molecule has 0 aliphatic rings. The number of benzene rings is 1. The predicted octanol–water partition coefficient (Wildman–Crippen LogP) is 1.98. The van der Waals surface area contributed by atoms with Gasteiger partial charge in [0.25, 0.3) is 0 Å². The number of thioether (sulfide) groups is 1. The first-order valence-corrected chi connectivity index (χ1v) is 8.53. The van der Waals surface area contributed by atoms with Gasteiger partial charge in [-0.1, -0.05) is 37.7 Å². The highest BCUT2D eigenvalue weighted by Crippen LogP contribution is 2.21. The van der Waals surface area contributed by atoms with Crippen molar-refractivity contribution in [3.05, 3.63) is 36.2 Å². The lowest BCUT2D eigenvalue weighted by Crippen LogP contribution is -2.36. The molecule has 124 valence electrons. The van der Waals surface area contributed by atoms with E-state index in [0.29, 0.717) is 11.1 Å². The van der Waals surface area contributed by atoms with Crippen LogP contribution in [-0.2, 0) is 4.79 Å². The van der Waals surface area contributed by atoms with Gasteiger partial charge < -0.3 is 10.4 Å². The smallest absolute Gasteiger partial charge is 0.230 e. The summed E-state index contributed by atoms with van der Waals surface area (Å²) in [6.07, 6.45) is 1.64. The molecular formula is C16H22N4O2S. The number of aliphatic hydroxyl groups excluding tert-OH is 1. The van der Waals surface area contributed by atoms with E-state index in [4.69, 9.17) is 5.11 Å². The molecule has 2 aromatic rings. The van der Waals surface area contributed by atoms with Crippen LogP contribution in [0.1, 0.15) is 32.3 Å². The average molecular weight is 334 g/mol. The van der Waals surface area contributed by atoms with Crippen LogP contribution < -0.4 is 5.32 Å². The molecule has 0 radical (unpaired) electrons. The molecule has 0 saturated heterocycles. The van der Waals surface area contributed by atoms with Crippen LogP contribution in [0.25, 0.3) is 5.69 Å². The average Bonchev–Trinajstić information content (AvgIpc) is 3.01. The lowest BCUT2D eigenvalue weighted by molar-refractivity contribution is -0.119. The second kappa shape index (κ2) is 8.12. The van der Waals surface area contributed by atoms with Crippen LogP contribution in [-0.4, -0.2) is 44.2 Å². The van der Waals surface area contributed by atoms with Gasteiger partial charge in [0, 0.05) is 11.7 Å². The lowest BCUT2D eigenvalue weighted by Gasteiger charge is -2.11. The first kappa shape index (κ1) is 17.5. The lowest BCUT2D eigenvalue weighted by atomic mass is 10.0. The Morgan fingerprint density at radius 1 is 1.30 bits per heavy atom. The van der Waals surface area contributed by atoms with Crippen LogP contribution in [0.3, 0.4) is 0 Å². The van der Waals surface area contributed by atoms with Crippen molar-refractivity contribution in [3.63, 3.8) is 0 Å². The molecule has 6 nitrogen and oxygen atoms in total. The Morgan fingerprint density at radius 3 is 2.61 bits per heavy atom. The summed E-state index contributed by atoms with van der Waals surface area (Å²) < 4.78 is 1.86. The van der Waals surface area contributed by atoms with Crippen molar-refractivity contribution in [1.29, 1.82) is 0 Å². The monoisotopic (exact) mass is 334 g/mol. The number of aromatic nitrogens is 3. The first-order chi connectivity index (χ1) is 11.0. The summed E-state index contributed by atoms with van der Waals surface area (Å²) in [7, 11) is 0. The van der Waals surface area contributed by atoms with Crippen LogP contribution in [0.2, 0.25) is 0 Å². The minimum absolute atomic E-state index is 0.0746. The van der Waals surface area contributed by atoms with Crippen molar-refractivity contribution < 1.29 is 9.90 Å². The molecule has 0 bridgehead atoms. The number of carbonyl (C=O) groups is 1. The van der Waals surface area contributed by atoms with E-state index < -0.39 is 0 Å². The number of amides is 1. The second-order valence-electron chi connectivity index (χ2n) is 5.67. The van der Waals surface area contributed by atoms with E-state index >= 15 is 0 Å². The molecule has 2 N–H and O–H groups in total. The number of carbonyl (C=O) groups excluding carboxylic acids is 1. The summed E-state index contributed by atoms with van der Waals surface area (Å²) in [4.78, 5) is 11.8. The van der Waals surface area contributed by atoms with Crippen molar-refractivity contribution >= 4 is 17.7 Å². The number of aliphatic hydroxyl groups is 1. The van der Waals surface area contributed by atoms with Gasteiger partial charge in [-0.25, -0.2) is 0 Å². The Balaban J connectivity index is 2.03. The molecule has 7 heteroatoms. The SMILES string of the molecule is CC(CO)NC(=O)CSc1nncn1-c1ccc(C(C)C)cc1. The van der Waals surface area contributed by atoms with Gasteiger partial charge in [0.15, 0.2) is 5.16 Å². The second-order valence-corrected chi connectivity index (χ2v) is 6.61. The standard InChI is InChI=1S/C16H22N4O2S/c1-11(2)13-4-6-14(7-5-13)20-10-17-19-16(20)23-9-15(22)18-12(3)8-21/h4-7,10-12,21H,8-9H2,1-3H3,(H,18,22). The number of hydrogen-bond acceptors (Lipinski definition) is 5. The fraction of sp³-hybridized carbons (Fsp3) is 0.438. The van der Waals surface area contributed by atoms with Crippen molar-refractivity contribution in [3.8, 4) is 5.69 Å². The molecule has 0 aliphatic heterocycles. The molecule has 2 rings (SSSR count). The molecule has 1 amide bonds. The molecule has 1 atom stereocenters. The van der Waals surface area contributed by atoms with Gasteiger partial charge in [-0.2, -0.15) is 0 Å². The van der Waals surface area contributed by atoms with Crippen molar-refractivity contribution in [2.24, 2.45) is 0 Å². The van der Waals surface area contributed by atoms with E-state index in [1.54, 1.807) is 13.3 Å². The highest BCUT2D eigenvalue weighted by molar-refractivity contribution is 7.99. The van der Waals surface area contributed by atoms with Crippen molar-refractivity contribution in [2.75, 3.05) is 12.4 Å². The van der Waals surface area contributed by atoms with Crippen LogP contribution in [0.4, 0.5) is 0 Å². The normalized spacial score (nSPS) is 12.4. The Hall–Kier alpha value is -1.86. The maximum absolute atomic E-state index is 11.8. The Kier molecular flexibility index (Phi) is 6.18. The van der Waals surface area contributed by atoms with E-state index in [1.165, 1.54) is 17.3 Å². The quantitative estimate of drug-likeness (QED) is 0.757. The number of nitrogens with one attached hydrogen (secondary N) is 1. The summed E-state index contributed by atoms with van der Waals surface area (Å²) in [5.74, 6) is 0.574. The third kappa shape index (κ3) is 4.80. The van der Waals surface area contributed by atoms with Crippen LogP contribution in [0.5, 0.6) is 0 Å². The molecule has 0 saturated carbocycles. The van der Waals surface area contributed by atoms with Gasteiger partial charge in [-0.05, 0) is 30.5 Å². The maximum atomic E-state index is 11.8. The van der Waals surface area contributed by atoms with Gasteiger partial charge in [0.05, 0.1) is 12.4 Å². The zero-order chi connectivity index (χ0) is 16.8. The summed E-state index contributed by atoms with van der Waals surface area (Å²) in [6.45, 7) is 5.98. The van der Waals surface area contributed by atoms with Crippen molar-refractivity contribution in [1.82, 2.24) is 20.1 Å². The molecule has 0 fully saturated rings. The summed E-state index contributed by atoms with van der Waals surface area (Å²) >= 11 is 1.32. The number of rotatable bonds is 7. The Bertz CT molecular complexity index is 640. The number of nitrogens with zero attached hydrogens (tertiary/aromatic N) is 3. The first-order valence-electron chi connectivity index (χ1n) is 7.54. The third-order valence-corrected chi connectivity index (χ3v) is 4.31. The van der Waals surface area contributed by atoms with E-state index in [2.05, 4.69) is 41.5 Å². The molecule has 1 aromatic carbocycles. The predicted molar refractivity (Wildman–Crippen MR) is 90.9 cm³/mol. The minimum Gasteiger partial charge on any atom is -0.394 e. The van der Waals surface area contributed by atoms with E-state index in [9.17, 15) is 4.79 Å². The fourth-order valence-corrected chi connectivity index (χ4v) is 2.75. The molecule has 0 spiro atoms. The van der Waals surface area contributed by atoms with Crippen LogP contribution >= 0.6 is 11.8 Å². The topological polar surface area (TPSA) is 80.0 Å². The van der Waals surface area contributed by atoms with Crippen LogP contribution in [0.15, 0.2) is 35.7 Å². The van der Waals surface area contributed by atoms with E-state index in [1.807, 2.05) is 16.7 Å². The van der Waals surface area contributed by atoms with Gasteiger partial charge in [-0.15, -0.1) is 10.2 Å². The van der Waals surface area contributed by atoms with Gasteiger partial charge in [0.2, 0.25) is 5.91 Å². The molecular weight excluding hydrogens is 312 g/mol. The van der Waals surface area contributed by atoms with Gasteiger partial charge in [-0.3, -0.25) is 9.36 Å². The number of hydrogen-bond donors (Lipinski definition) is 2. The van der Waals surface area contributed by atoms with E-state index in [-0.39, 0.29) is 24.3 Å². The minimum atomic E-state index is -0.246. The molecule has 1 aromatic heterocycles. The molecule has 0 aliphatic carbocycles. The summed E-state index contributed by atoms with van der Waals surface area (Å²) in [6, 6.07) is 7.98. The zero-order valence-electron chi connectivity index (χ0n) is 13.6. The van der Waals surface area contributed by atoms with Gasteiger partial charge in [0.1, 0.15) is 6.33 Å². The highest BCUT2D eigenvalue weighted by Gasteiger charge is 2.12. The Labute approximate surface area is 140 Å². The largest absolute Gasteiger partial charge is 0.394 e. The molecule has 1 unspecified atom stereocenters. The summed E-state index contributed by atoms with van der Waals surface area (Å²) in [5.41, 5.74) is 2.24. The fourth-order valence-electron chi connectivity index (χ4n) is 2.01. The van der Waals surface area contributed by atoms with Crippen LogP contribution in [0, 0.1) is 0 Å². The third-order valence-electron chi connectivity index (χ3n) is 3.37. The molecule has 23 heavy (non-hydrogen) atoms. The van der Waals surface area contributed by atoms with E-state index in [0.717, 1.165) is 5.69 Å². The van der Waals surface area contributed by atoms with Gasteiger partial charge >= 0.3 is 0 Å².